The van der Waals surface area contributed by atoms with Crippen LogP contribution in [0.2, 0.25) is 0 Å². The molecule has 0 bridgehead atoms. The lowest BCUT2D eigenvalue weighted by atomic mass is 10.2. The molecule has 1 heterocycles. The van der Waals surface area contributed by atoms with E-state index in [2.05, 4.69) is 0 Å². The molecule has 0 aliphatic rings. The number of carboxylic acids is 1. The second kappa shape index (κ2) is 2.75. The molecule has 4 heteroatoms. The fraction of sp³-hybridized carbons (Fsp3) is 0.286. The molecule has 60 valence electrons. The van der Waals surface area contributed by atoms with Gasteiger partial charge in [-0.25, -0.2) is 4.79 Å². The van der Waals surface area contributed by atoms with E-state index < -0.39 is 5.97 Å². The van der Waals surface area contributed by atoms with Crippen LogP contribution in [0, 0.1) is 6.92 Å². The van der Waals surface area contributed by atoms with Crippen molar-refractivity contribution in [2.75, 3.05) is 0 Å². The fourth-order valence-electron chi connectivity index (χ4n) is 0.834. The number of hydrogen-bond acceptors (Lipinski definition) is 3. The molecular weight excluding hydrogens is 148 g/mol. The maximum Gasteiger partial charge on any atom is 0.339 e. The van der Waals surface area contributed by atoms with E-state index in [9.17, 15) is 4.79 Å². The van der Waals surface area contributed by atoms with Gasteiger partial charge in [-0.3, -0.25) is 0 Å². The molecule has 0 amide bonds. The highest BCUT2D eigenvalue weighted by atomic mass is 16.4. The first kappa shape index (κ1) is 7.81. The number of aliphatic hydroxyl groups is 1. The zero-order chi connectivity index (χ0) is 8.43. The van der Waals surface area contributed by atoms with Crippen LogP contribution in [0.1, 0.15) is 21.9 Å². The van der Waals surface area contributed by atoms with Crippen molar-refractivity contribution in [1.29, 1.82) is 0 Å². The monoisotopic (exact) mass is 156 g/mol. The second-order valence-corrected chi connectivity index (χ2v) is 2.15. The van der Waals surface area contributed by atoms with E-state index in [0.29, 0.717) is 5.76 Å². The predicted octanol–water partition coefficient (Wildman–Crippen LogP) is 0.779. The van der Waals surface area contributed by atoms with Gasteiger partial charge < -0.3 is 14.6 Å². The number of hydrogen-bond donors (Lipinski definition) is 2. The highest BCUT2D eigenvalue weighted by Gasteiger charge is 2.12. The molecule has 4 nitrogen and oxygen atoms in total. The van der Waals surface area contributed by atoms with Crippen LogP contribution in [0.5, 0.6) is 0 Å². The summed E-state index contributed by atoms with van der Waals surface area (Å²) in [5.41, 5.74) is 0.106. The Morgan fingerprint density at radius 3 is 2.64 bits per heavy atom. The summed E-state index contributed by atoms with van der Waals surface area (Å²) in [6, 6.07) is 1.32. The number of aryl methyl sites for hydroxylation is 1. The van der Waals surface area contributed by atoms with Crippen LogP contribution in [0.15, 0.2) is 10.5 Å². The maximum atomic E-state index is 10.4. The fourth-order valence-corrected chi connectivity index (χ4v) is 0.834. The van der Waals surface area contributed by atoms with Gasteiger partial charge in [-0.2, -0.15) is 0 Å². The predicted molar refractivity (Wildman–Crippen MR) is 36.3 cm³/mol. The standard InChI is InChI=1S/C7H8O4/c1-4-6(7(9)10)2-5(3-8)11-4/h2,8H,3H2,1H3,(H,9,10). The Kier molecular flexibility index (Phi) is 1.96. The molecule has 1 rings (SSSR count). The molecule has 0 aliphatic heterocycles. The van der Waals surface area contributed by atoms with Crippen molar-refractivity contribution in [3.8, 4) is 0 Å². The quantitative estimate of drug-likeness (QED) is 0.663. The zero-order valence-corrected chi connectivity index (χ0v) is 6.00. The van der Waals surface area contributed by atoms with Crippen molar-refractivity contribution in [3.05, 3.63) is 23.2 Å². The smallest absolute Gasteiger partial charge is 0.339 e. The number of rotatable bonds is 2. The van der Waals surface area contributed by atoms with E-state index in [1.807, 2.05) is 0 Å². The number of carbonyl (C=O) groups is 1. The van der Waals surface area contributed by atoms with E-state index >= 15 is 0 Å². The molecule has 0 saturated carbocycles. The van der Waals surface area contributed by atoms with Crippen LogP contribution in [-0.4, -0.2) is 16.2 Å². The molecule has 0 aromatic carbocycles. The molecule has 0 fully saturated rings. The summed E-state index contributed by atoms with van der Waals surface area (Å²) in [6.45, 7) is 1.27. The molecule has 0 atom stereocenters. The van der Waals surface area contributed by atoms with Crippen LogP contribution in [0.4, 0.5) is 0 Å². The average Bonchev–Trinajstić information content (AvgIpc) is 2.30. The number of carboxylic acid groups (broad SMARTS) is 1. The minimum atomic E-state index is -1.04. The minimum absolute atomic E-state index is 0.106. The Hall–Kier alpha value is -1.29. The van der Waals surface area contributed by atoms with Crippen LogP contribution in [0.25, 0.3) is 0 Å². The largest absolute Gasteiger partial charge is 0.478 e. The van der Waals surface area contributed by atoms with Gasteiger partial charge in [0, 0.05) is 0 Å². The summed E-state index contributed by atoms with van der Waals surface area (Å²) < 4.78 is 4.89. The van der Waals surface area contributed by atoms with E-state index in [0.717, 1.165) is 0 Å². The Balaban J connectivity index is 3.07. The molecule has 0 unspecified atom stereocenters. The number of aliphatic hydroxyl groups excluding tert-OH is 1. The Morgan fingerprint density at radius 1 is 1.73 bits per heavy atom. The molecule has 0 saturated heterocycles. The van der Waals surface area contributed by atoms with Gasteiger partial charge in [-0.15, -0.1) is 0 Å². The maximum absolute atomic E-state index is 10.4. The van der Waals surface area contributed by atoms with E-state index in [1.165, 1.54) is 6.07 Å². The lowest BCUT2D eigenvalue weighted by molar-refractivity contribution is 0.0695. The van der Waals surface area contributed by atoms with Crippen molar-refractivity contribution in [1.82, 2.24) is 0 Å². The molecular formula is C7H8O4. The summed E-state index contributed by atoms with van der Waals surface area (Å²) in [4.78, 5) is 10.4. The van der Waals surface area contributed by atoms with Gasteiger partial charge in [0.2, 0.25) is 0 Å². The van der Waals surface area contributed by atoms with E-state index in [1.54, 1.807) is 6.92 Å². The lowest BCUT2D eigenvalue weighted by Crippen LogP contribution is -1.94. The second-order valence-electron chi connectivity index (χ2n) is 2.15. The summed E-state index contributed by atoms with van der Waals surface area (Å²) in [7, 11) is 0. The highest BCUT2D eigenvalue weighted by molar-refractivity contribution is 5.88. The van der Waals surface area contributed by atoms with Crippen molar-refractivity contribution in [3.63, 3.8) is 0 Å². The Morgan fingerprint density at radius 2 is 2.36 bits per heavy atom. The third-order valence-electron chi connectivity index (χ3n) is 1.36. The summed E-state index contributed by atoms with van der Waals surface area (Å²) in [5.74, 6) is -0.438. The Bertz CT molecular complexity index is 274. The van der Waals surface area contributed by atoms with Gasteiger partial charge in [0.15, 0.2) is 0 Å². The van der Waals surface area contributed by atoms with Gasteiger partial charge in [0.1, 0.15) is 23.7 Å². The summed E-state index contributed by atoms with van der Waals surface area (Å²) in [5, 5.41) is 17.1. The summed E-state index contributed by atoms with van der Waals surface area (Å²) in [6.07, 6.45) is 0. The van der Waals surface area contributed by atoms with Gasteiger partial charge >= 0.3 is 5.97 Å². The third-order valence-corrected chi connectivity index (χ3v) is 1.36. The molecule has 1 aromatic rings. The van der Waals surface area contributed by atoms with E-state index in [4.69, 9.17) is 14.6 Å². The number of aromatic carboxylic acids is 1. The normalized spacial score (nSPS) is 10.0. The highest BCUT2D eigenvalue weighted by Crippen LogP contribution is 2.13. The van der Waals surface area contributed by atoms with Crippen molar-refractivity contribution in [2.24, 2.45) is 0 Å². The van der Waals surface area contributed by atoms with Crippen LogP contribution >= 0.6 is 0 Å². The molecule has 11 heavy (non-hydrogen) atoms. The lowest BCUT2D eigenvalue weighted by Gasteiger charge is -1.85. The average molecular weight is 156 g/mol. The third kappa shape index (κ3) is 1.40. The first-order chi connectivity index (χ1) is 5.15. The van der Waals surface area contributed by atoms with Crippen LogP contribution < -0.4 is 0 Å². The summed E-state index contributed by atoms with van der Waals surface area (Å²) >= 11 is 0. The van der Waals surface area contributed by atoms with Gasteiger partial charge in [-0.1, -0.05) is 0 Å². The topological polar surface area (TPSA) is 70.7 Å². The minimum Gasteiger partial charge on any atom is -0.478 e. The van der Waals surface area contributed by atoms with E-state index in [-0.39, 0.29) is 17.9 Å². The van der Waals surface area contributed by atoms with Gasteiger partial charge in [0.25, 0.3) is 0 Å². The first-order valence-corrected chi connectivity index (χ1v) is 3.08. The van der Waals surface area contributed by atoms with Crippen LogP contribution in [0.3, 0.4) is 0 Å². The van der Waals surface area contributed by atoms with Gasteiger partial charge in [-0.05, 0) is 13.0 Å². The molecule has 2 N–H and O–H groups in total. The van der Waals surface area contributed by atoms with Crippen molar-refractivity contribution >= 4 is 5.97 Å². The first-order valence-electron chi connectivity index (χ1n) is 3.08. The zero-order valence-electron chi connectivity index (χ0n) is 6.00. The Labute approximate surface area is 63.1 Å². The van der Waals surface area contributed by atoms with Gasteiger partial charge in [0.05, 0.1) is 0 Å². The molecule has 0 radical (unpaired) electrons. The molecule has 1 aromatic heterocycles. The van der Waals surface area contributed by atoms with Crippen molar-refractivity contribution in [2.45, 2.75) is 13.5 Å². The van der Waals surface area contributed by atoms with Crippen molar-refractivity contribution < 1.29 is 19.4 Å². The molecule has 0 aliphatic carbocycles. The molecule has 0 spiro atoms. The van der Waals surface area contributed by atoms with Crippen LogP contribution in [-0.2, 0) is 6.61 Å². The SMILES string of the molecule is Cc1oc(CO)cc1C(=O)O. The number of furan rings is 1.